The van der Waals surface area contributed by atoms with Crippen LogP contribution in [0.2, 0.25) is 0 Å². The summed E-state index contributed by atoms with van der Waals surface area (Å²) in [6.45, 7) is 1.15. The lowest BCUT2D eigenvalue weighted by atomic mass is 9.80. The van der Waals surface area contributed by atoms with Crippen molar-refractivity contribution < 1.29 is 18.0 Å². The van der Waals surface area contributed by atoms with E-state index < -0.39 is 23.5 Å². The summed E-state index contributed by atoms with van der Waals surface area (Å²) >= 11 is 0. The Balaban J connectivity index is 2.28. The summed E-state index contributed by atoms with van der Waals surface area (Å²) < 4.78 is 39.1. The molecule has 0 saturated heterocycles. The number of carbonyl (C=O) groups is 1. The first-order valence-electron chi connectivity index (χ1n) is 5.20. The third-order valence-electron chi connectivity index (χ3n) is 3.75. The van der Waals surface area contributed by atoms with Gasteiger partial charge in [-0.2, -0.15) is 13.2 Å². The van der Waals surface area contributed by atoms with Crippen LogP contribution >= 0.6 is 0 Å². The lowest BCUT2D eigenvalue weighted by molar-refractivity contribution is -0.211. The number of hydrogen-bond donors (Lipinski definition) is 1. The highest BCUT2D eigenvalue weighted by atomic mass is 19.4. The molecule has 3 atom stereocenters. The van der Waals surface area contributed by atoms with E-state index in [4.69, 9.17) is 0 Å². The highest BCUT2D eigenvalue weighted by Gasteiger charge is 2.65. The first-order chi connectivity index (χ1) is 6.85. The molecule has 0 heterocycles. The molecular weight excluding hydrogens is 207 g/mol. The minimum Gasteiger partial charge on any atom is -0.342 e. The third kappa shape index (κ3) is 1.52. The summed E-state index contributed by atoms with van der Waals surface area (Å²) in [6.07, 6.45) is -2.18. The Hall–Kier alpha value is -0.740. The van der Waals surface area contributed by atoms with Crippen molar-refractivity contribution in [1.82, 2.24) is 5.32 Å². The molecule has 2 bridgehead atoms. The van der Waals surface area contributed by atoms with Gasteiger partial charge in [-0.15, -0.1) is 0 Å². The number of nitrogens with one attached hydrogen (secondary N) is 1. The predicted molar refractivity (Wildman–Crippen MR) is 48.1 cm³/mol. The van der Waals surface area contributed by atoms with E-state index in [1.807, 2.05) is 0 Å². The van der Waals surface area contributed by atoms with Crippen molar-refractivity contribution in [3.05, 3.63) is 0 Å². The SMILES string of the molecule is CC(=O)N[C@@]1(C(F)(F)F)C[C@@H]2CC[C@H]1C2. The molecule has 2 rings (SSSR count). The topological polar surface area (TPSA) is 29.1 Å². The molecule has 0 aliphatic heterocycles. The molecule has 15 heavy (non-hydrogen) atoms. The van der Waals surface area contributed by atoms with Crippen LogP contribution in [0, 0.1) is 11.8 Å². The standard InChI is InChI=1S/C10H14F3NO/c1-6(15)14-9(10(11,12)13)5-7-2-3-8(9)4-7/h7-8H,2-5H2,1H3,(H,14,15)/t7-,8+,9+/m1/s1. The summed E-state index contributed by atoms with van der Waals surface area (Å²) in [4.78, 5) is 10.9. The largest absolute Gasteiger partial charge is 0.411 e. The smallest absolute Gasteiger partial charge is 0.342 e. The van der Waals surface area contributed by atoms with E-state index in [-0.39, 0.29) is 12.3 Å². The molecule has 2 aliphatic rings. The molecule has 0 spiro atoms. The average molecular weight is 221 g/mol. The summed E-state index contributed by atoms with van der Waals surface area (Å²) in [5.41, 5.74) is -1.93. The van der Waals surface area contributed by atoms with Crippen LogP contribution in [-0.4, -0.2) is 17.6 Å². The van der Waals surface area contributed by atoms with Crippen LogP contribution in [0.25, 0.3) is 0 Å². The van der Waals surface area contributed by atoms with Gasteiger partial charge < -0.3 is 5.32 Å². The third-order valence-corrected chi connectivity index (χ3v) is 3.75. The van der Waals surface area contributed by atoms with Crippen molar-refractivity contribution in [1.29, 1.82) is 0 Å². The second kappa shape index (κ2) is 3.12. The lowest BCUT2D eigenvalue weighted by Gasteiger charge is -2.39. The zero-order valence-electron chi connectivity index (χ0n) is 8.53. The van der Waals surface area contributed by atoms with Crippen molar-refractivity contribution in [2.75, 3.05) is 0 Å². The van der Waals surface area contributed by atoms with Gasteiger partial charge in [0.05, 0.1) is 0 Å². The van der Waals surface area contributed by atoms with E-state index in [1.54, 1.807) is 0 Å². The molecule has 86 valence electrons. The van der Waals surface area contributed by atoms with Gasteiger partial charge >= 0.3 is 6.18 Å². The summed E-state index contributed by atoms with van der Waals surface area (Å²) in [5.74, 6) is -0.852. The zero-order valence-corrected chi connectivity index (χ0v) is 8.53. The number of alkyl halides is 3. The van der Waals surface area contributed by atoms with Gasteiger partial charge in [-0.25, -0.2) is 0 Å². The van der Waals surface area contributed by atoms with Crippen molar-refractivity contribution >= 4 is 5.91 Å². The van der Waals surface area contributed by atoms with Crippen LogP contribution in [-0.2, 0) is 4.79 Å². The van der Waals surface area contributed by atoms with Crippen molar-refractivity contribution in [3.8, 4) is 0 Å². The van der Waals surface area contributed by atoms with Crippen molar-refractivity contribution in [3.63, 3.8) is 0 Å². The van der Waals surface area contributed by atoms with Crippen LogP contribution in [0.15, 0.2) is 0 Å². The quantitative estimate of drug-likeness (QED) is 0.722. The fourth-order valence-corrected chi connectivity index (χ4v) is 3.22. The molecule has 1 N–H and O–H groups in total. The predicted octanol–water partition coefficient (Wildman–Crippen LogP) is 2.24. The van der Waals surface area contributed by atoms with Gasteiger partial charge in [0.25, 0.3) is 0 Å². The number of fused-ring (bicyclic) bond motifs is 2. The molecule has 0 unspecified atom stereocenters. The summed E-state index contributed by atoms with van der Waals surface area (Å²) in [5, 5.41) is 2.16. The highest BCUT2D eigenvalue weighted by Crippen LogP contribution is 2.56. The second-order valence-electron chi connectivity index (χ2n) is 4.73. The zero-order chi connectivity index (χ0) is 11.3. The van der Waals surface area contributed by atoms with Crippen LogP contribution < -0.4 is 5.32 Å². The maximum absolute atomic E-state index is 13.0. The molecule has 0 aromatic heterocycles. The van der Waals surface area contributed by atoms with E-state index in [0.29, 0.717) is 12.8 Å². The normalized spacial score (nSPS) is 39.5. The number of rotatable bonds is 1. The van der Waals surface area contributed by atoms with E-state index in [9.17, 15) is 18.0 Å². The monoisotopic (exact) mass is 221 g/mol. The molecular formula is C10H14F3NO. The van der Waals surface area contributed by atoms with Gasteiger partial charge in [-0.05, 0) is 37.5 Å². The van der Waals surface area contributed by atoms with Crippen LogP contribution in [0.4, 0.5) is 13.2 Å². The summed E-state index contributed by atoms with van der Waals surface area (Å²) in [7, 11) is 0. The molecule has 5 heteroatoms. The van der Waals surface area contributed by atoms with Crippen molar-refractivity contribution in [2.45, 2.75) is 44.3 Å². The first kappa shape index (κ1) is 10.8. The van der Waals surface area contributed by atoms with Crippen LogP contribution in [0.1, 0.15) is 32.6 Å². The molecule has 1 amide bonds. The Morgan fingerprint density at radius 1 is 1.40 bits per heavy atom. The molecule has 2 saturated carbocycles. The molecule has 2 nitrogen and oxygen atoms in total. The Morgan fingerprint density at radius 2 is 2.07 bits per heavy atom. The number of amides is 1. The van der Waals surface area contributed by atoms with Crippen LogP contribution in [0.3, 0.4) is 0 Å². The van der Waals surface area contributed by atoms with Gasteiger partial charge in [-0.3, -0.25) is 4.79 Å². The van der Waals surface area contributed by atoms with E-state index in [1.165, 1.54) is 0 Å². The molecule has 0 aromatic rings. The molecule has 0 radical (unpaired) electrons. The molecule has 2 fully saturated rings. The molecule has 0 aromatic carbocycles. The first-order valence-corrected chi connectivity index (χ1v) is 5.20. The minimum absolute atomic E-state index is 0.0702. The number of halogens is 3. The lowest BCUT2D eigenvalue weighted by Crippen LogP contribution is -2.61. The van der Waals surface area contributed by atoms with Gasteiger partial charge in [0.1, 0.15) is 5.54 Å². The second-order valence-corrected chi connectivity index (χ2v) is 4.73. The fraction of sp³-hybridized carbons (Fsp3) is 0.900. The van der Waals surface area contributed by atoms with E-state index in [2.05, 4.69) is 5.32 Å². The van der Waals surface area contributed by atoms with Gasteiger partial charge in [0.2, 0.25) is 5.91 Å². The Kier molecular flexibility index (Phi) is 2.24. The number of hydrogen-bond acceptors (Lipinski definition) is 1. The van der Waals surface area contributed by atoms with E-state index >= 15 is 0 Å². The fourth-order valence-electron chi connectivity index (χ4n) is 3.22. The maximum atomic E-state index is 13.0. The van der Waals surface area contributed by atoms with E-state index in [0.717, 1.165) is 13.3 Å². The minimum atomic E-state index is -4.32. The summed E-state index contributed by atoms with van der Waals surface area (Å²) in [6, 6.07) is 0. The number of carbonyl (C=O) groups excluding carboxylic acids is 1. The maximum Gasteiger partial charge on any atom is 0.411 e. The highest BCUT2D eigenvalue weighted by molar-refractivity contribution is 5.74. The Bertz CT molecular complexity index is 289. The van der Waals surface area contributed by atoms with Gasteiger partial charge in [0, 0.05) is 6.92 Å². The van der Waals surface area contributed by atoms with Gasteiger partial charge in [-0.1, -0.05) is 0 Å². The Morgan fingerprint density at radius 3 is 2.40 bits per heavy atom. The average Bonchev–Trinajstić information content (AvgIpc) is 2.60. The molecule has 2 aliphatic carbocycles. The Labute approximate surface area is 86.2 Å². The van der Waals surface area contributed by atoms with Gasteiger partial charge in [0.15, 0.2) is 0 Å². The van der Waals surface area contributed by atoms with Crippen LogP contribution in [0.5, 0.6) is 0 Å². The van der Waals surface area contributed by atoms with Crippen molar-refractivity contribution in [2.24, 2.45) is 11.8 Å².